The molecule has 0 spiro atoms. The van der Waals surface area contributed by atoms with Gasteiger partial charge in [-0.2, -0.15) is 0 Å². The lowest BCUT2D eigenvalue weighted by atomic mass is 10.1. The molecule has 0 radical (unpaired) electrons. The van der Waals surface area contributed by atoms with E-state index in [1.54, 1.807) is 4.90 Å². The van der Waals surface area contributed by atoms with Crippen LogP contribution in [0.4, 0.5) is 20.7 Å². The summed E-state index contributed by atoms with van der Waals surface area (Å²) in [6.07, 6.45) is 1.66. The van der Waals surface area contributed by atoms with Gasteiger partial charge in [0.2, 0.25) is 11.8 Å². The van der Waals surface area contributed by atoms with Gasteiger partial charge in [-0.15, -0.1) is 0 Å². The smallest absolute Gasteiger partial charge is 0.410 e. The highest BCUT2D eigenvalue weighted by Crippen LogP contribution is 2.22. The molecule has 3 amide bonds. The fourth-order valence-corrected chi connectivity index (χ4v) is 3.18. The van der Waals surface area contributed by atoms with Crippen LogP contribution in [0.15, 0.2) is 12.3 Å². The Morgan fingerprint density at radius 1 is 1.28 bits per heavy atom. The minimum atomic E-state index is -0.696. The van der Waals surface area contributed by atoms with Crippen molar-refractivity contribution >= 4 is 29.4 Å². The second-order valence-corrected chi connectivity index (χ2v) is 8.13. The van der Waals surface area contributed by atoms with Gasteiger partial charge in [-0.1, -0.05) is 0 Å². The Morgan fingerprint density at radius 3 is 2.55 bits per heavy atom. The van der Waals surface area contributed by atoms with Crippen molar-refractivity contribution in [1.29, 1.82) is 0 Å². The number of hydrogen-bond donors (Lipinski definition) is 2. The van der Waals surface area contributed by atoms with E-state index in [-0.39, 0.29) is 24.2 Å². The van der Waals surface area contributed by atoms with E-state index in [4.69, 9.17) is 4.74 Å². The Morgan fingerprint density at radius 2 is 1.97 bits per heavy atom. The maximum absolute atomic E-state index is 14.5. The Balaban J connectivity index is 1.58. The van der Waals surface area contributed by atoms with Gasteiger partial charge >= 0.3 is 6.09 Å². The summed E-state index contributed by atoms with van der Waals surface area (Å²) in [6, 6.07) is 0.655. The zero-order valence-corrected chi connectivity index (χ0v) is 16.8. The molecule has 2 N–H and O–H groups in total. The van der Waals surface area contributed by atoms with Crippen LogP contribution in [0, 0.1) is 5.82 Å². The topological polar surface area (TPSA) is 104 Å². The maximum atomic E-state index is 14.5. The summed E-state index contributed by atoms with van der Waals surface area (Å²) >= 11 is 0. The van der Waals surface area contributed by atoms with E-state index in [0.29, 0.717) is 38.3 Å². The van der Waals surface area contributed by atoms with Gasteiger partial charge < -0.3 is 19.9 Å². The molecule has 0 bridgehead atoms. The van der Waals surface area contributed by atoms with E-state index in [2.05, 4.69) is 15.6 Å². The third-order valence-corrected chi connectivity index (χ3v) is 4.67. The molecule has 2 fully saturated rings. The molecule has 3 heterocycles. The summed E-state index contributed by atoms with van der Waals surface area (Å²) in [5.74, 6) is -1.43. The van der Waals surface area contributed by atoms with Crippen LogP contribution in [0.1, 0.15) is 33.6 Å². The number of piperazine rings is 1. The maximum Gasteiger partial charge on any atom is 0.410 e. The van der Waals surface area contributed by atoms with Gasteiger partial charge in [0.05, 0.1) is 11.9 Å². The number of nitrogens with zero attached hydrogens (tertiary/aromatic N) is 3. The molecule has 2 aliphatic rings. The van der Waals surface area contributed by atoms with Gasteiger partial charge in [0.1, 0.15) is 11.6 Å². The second-order valence-electron chi connectivity index (χ2n) is 8.13. The van der Waals surface area contributed by atoms with Crippen molar-refractivity contribution in [2.75, 3.05) is 36.4 Å². The number of rotatable bonds is 3. The number of ether oxygens (including phenoxy) is 1. The number of pyridine rings is 1. The van der Waals surface area contributed by atoms with Crippen LogP contribution in [-0.4, -0.2) is 65.6 Å². The molecule has 0 aromatic carbocycles. The first-order valence-electron chi connectivity index (χ1n) is 9.61. The van der Waals surface area contributed by atoms with Gasteiger partial charge in [-0.3, -0.25) is 14.9 Å². The van der Waals surface area contributed by atoms with Crippen molar-refractivity contribution in [2.24, 2.45) is 0 Å². The lowest BCUT2D eigenvalue weighted by molar-refractivity contribution is -0.133. The third kappa shape index (κ3) is 5.33. The van der Waals surface area contributed by atoms with Gasteiger partial charge in [-0.05, 0) is 27.2 Å². The molecule has 1 aromatic rings. The van der Waals surface area contributed by atoms with E-state index in [1.165, 1.54) is 12.3 Å². The van der Waals surface area contributed by atoms with E-state index >= 15 is 0 Å². The molecule has 29 heavy (non-hydrogen) atoms. The lowest BCUT2D eigenvalue weighted by Crippen LogP contribution is -2.50. The van der Waals surface area contributed by atoms with Crippen molar-refractivity contribution in [3.8, 4) is 0 Å². The monoisotopic (exact) mass is 407 g/mol. The average molecular weight is 407 g/mol. The molecule has 1 aromatic heterocycles. The molecule has 10 heteroatoms. The predicted molar refractivity (Wildman–Crippen MR) is 104 cm³/mol. The van der Waals surface area contributed by atoms with Crippen LogP contribution in [0.25, 0.3) is 0 Å². The number of amides is 3. The molecule has 0 aliphatic carbocycles. The zero-order chi connectivity index (χ0) is 21.2. The zero-order valence-electron chi connectivity index (χ0n) is 16.8. The molecule has 2 saturated heterocycles. The summed E-state index contributed by atoms with van der Waals surface area (Å²) in [4.78, 5) is 42.8. The number of halogens is 1. The van der Waals surface area contributed by atoms with E-state index < -0.39 is 23.4 Å². The van der Waals surface area contributed by atoms with Crippen LogP contribution in [0.2, 0.25) is 0 Å². The molecule has 1 atom stereocenters. The number of anilines is 2. The quantitative estimate of drug-likeness (QED) is 0.732. The summed E-state index contributed by atoms with van der Waals surface area (Å²) < 4.78 is 19.9. The molecule has 2 aliphatic heterocycles. The van der Waals surface area contributed by atoms with Crippen LogP contribution in [-0.2, 0) is 14.3 Å². The average Bonchev–Trinajstić information content (AvgIpc) is 2.64. The molecular weight excluding hydrogens is 381 g/mol. The molecule has 0 saturated carbocycles. The Hall–Kier alpha value is -2.91. The number of carbonyl (C=O) groups excluding carboxylic acids is 3. The summed E-state index contributed by atoms with van der Waals surface area (Å²) in [6.45, 7) is 7.44. The summed E-state index contributed by atoms with van der Waals surface area (Å²) in [7, 11) is 0. The van der Waals surface area contributed by atoms with Crippen molar-refractivity contribution in [3.05, 3.63) is 18.1 Å². The molecule has 1 unspecified atom stereocenters. The first-order chi connectivity index (χ1) is 13.6. The van der Waals surface area contributed by atoms with Gasteiger partial charge in [0.15, 0.2) is 11.6 Å². The summed E-state index contributed by atoms with van der Waals surface area (Å²) in [5, 5.41) is 4.97. The number of imide groups is 1. The van der Waals surface area contributed by atoms with Gasteiger partial charge in [0.25, 0.3) is 0 Å². The number of carbonyl (C=O) groups is 3. The minimum Gasteiger partial charge on any atom is -0.444 e. The second kappa shape index (κ2) is 8.22. The number of piperidine rings is 1. The minimum absolute atomic E-state index is 0.0318. The SMILES string of the molecule is CC(C)(C)OC(=O)N1CCN(c2cnc(NC3CCC(=O)NC3=O)c(F)c2)CC1. The fourth-order valence-electron chi connectivity index (χ4n) is 3.18. The third-order valence-electron chi connectivity index (χ3n) is 4.67. The number of nitrogens with one attached hydrogen (secondary N) is 2. The number of hydrogen-bond acceptors (Lipinski definition) is 7. The van der Waals surface area contributed by atoms with Crippen LogP contribution >= 0.6 is 0 Å². The highest BCUT2D eigenvalue weighted by molar-refractivity contribution is 6.01. The van der Waals surface area contributed by atoms with Gasteiger partial charge in [0, 0.05) is 38.7 Å². The van der Waals surface area contributed by atoms with Crippen molar-refractivity contribution in [3.63, 3.8) is 0 Å². The fraction of sp³-hybridized carbons (Fsp3) is 0.579. The Bertz CT molecular complexity index is 802. The Kier molecular flexibility index (Phi) is 5.90. The van der Waals surface area contributed by atoms with Crippen molar-refractivity contribution < 1.29 is 23.5 Å². The molecule has 3 rings (SSSR count). The number of aromatic nitrogens is 1. The van der Waals surface area contributed by atoms with E-state index in [1.807, 2.05) is 25.7 Å². The summed E-state index contributed by atoms with van der Waals surface area (Å²) in [5.41, 5.74) is 0.0484. The van der Waals surface area contributed by atoms with Crippen LogP contribution < -0.4 is 15.5 Å². The largest absolute Gasteiger partial charge is 0.444 e. The highest BCUT2D eigenvalue weighted by atomic mass is 19.1. The van der Waals surface area contributed by atoms with Gasteiger partial charge in [-0.25, -0.2) is 14.2 Å². The normalized spacial score (nSPS) is 20.3. The molecule has 158 valence electrons. The van der Waals surface area contributed by atoms with Crippen molar-refractivity contribution in [2.45, 2.75) is 45.3 Å². The lowest BCUT2D eigenvalue weighted by Gasteiger charge is -2.36. The Labute approximate surface area is 168 Å². The molecule has 9 nitrogen and oxygen atoms in total. The first kappa shape index (κ1) is 20.8. The van der Waals surface area contributed by atoms with E-state index in [0.717, 1.165) is 0 Å². The van der Waals surface area contributed by atoms with Crippen LogP contribution in [0.3, 0.4) is 0 Å². The van der Waals surface area contributed by atoms with Crippen molar-refractivity contribution in [1.82, 2.24) is 15.2 Å². The highest BCUT2D eigenvalue weighted by Gasteiger charge is 2.29. The standard InChI is InChI=1S/C19H26FN5O4/c1-19(2,3)29-18(28)25-8-6-24(7-9-25)12-10-13(20)16(21-11-12)22-14-4-5-15(26)23-17(14)27/h10-11,14H,4-9H2,1-3H3,(H,21,22)(H,23,26,27). The molecular formula is C19H26FN5O4. The van der Waals surface area contributed by atoms with E-state index in [9.17, 15) is 18.8 Å². The first-order valence-corrected chi connectivity index (χ1v) is 9.61. The van der Waals surface area contributed by atoms with Crippen LogP contribution in [0.5, 0.6) is 0 Å². The predicted octanol–water partition coefficient (Wildman–Crippen LogP) is 1.49.